The third kappa shape index (κ3) is 8.81. The van der Waals surface area contributed by atoms with E-state index < -0.39 is 29.6 Å². The summed E-state index contributed by atoms with van der Waals surface area (Å²) in [4.78, 5) is 24.7. The Morgan fingerprint density at radius 2 is 1.94 bits per heavy atom. The van der Waals surface area contributed by atoms with Crippen molar-refractivity contribution in [3.05, 3.63) is 47.2 Å². The SMILES string of the molecule is CCCC(NC(=O)Cc1cc(F)cc(F)c1)C(=O)Oc1cc(CNCCCOC)on1. The zero-order valence-corrected chi connectivity index (χ0v) is 17.6. The molecule has 0 aliphatic heterocycles. The van der Waals surface area contributed by atoms with Gasteiger partial charge in [0.25, 0.3) is 5.88 Å². The maximum absolute atomic E-state index is 13.3. The van der Waals surface area contributed by atoms with E-state index in [1.165, 1.54) is 6.07 Å². The fraction of sp³-hybridized carbons (Fsp3) is 0.476. The van der Waals surface area contributed by atoms with Crippen LogP contribution >= 0.6 is 0 Å². The number of halogens is 2. The molecule has 0 radical (unpaired) electrons. The first kappa shape index (κ1) is 24.4. The van der Waals surface area contributed by atoms with Gasteiger partial charge in [0.2, 0.25) is 5.91 Å². The fourth-order valence-corrected chi connectivity index (χ4v) is 2.83. The number of carbonyl (C=O) groups is 2. The van der Waals surface area contributed by atoms with Gasteiger partial charge < -0.3 is 24.6 Å². The van der Waals surface area contributed by atoms with Crippen LogP contribution in [0.1, 0.15) is 37.5 Å². The van der Waals surface area contributed by atoms with Crippen LogP contribution in [-0.4, -0.2) is 43.3 Å². The predicted molar refractivity (Wildman–Crippen MR) is 107 cm³/mol. The highest BCUT2D eigenvalue weighted by atomic mass is 19.1. The lowest BCUT2D eigenvalue weighted by Crippen LogP contribution is -2.43. The van der Waals surface area contributed by atoms with E-state index in [2.05, 4.69) is 15.8 Å². The molecule has 0 bridgehead atoms. The molecule has 0 aliphatic rings. The van der Waals surface area contributed by atoms with Crippen molar-refractivity contribution in [1.29, 1.82) is 0 Å². The number of carbonyl (C=O) groups excluding carboxylic acids is 2. The van der Waals surface area contributed by atoms with Crippen LogP contribution in [0.25, 0.3) is 0 Å². The van der Waals surface area contributed by atoms with E-state index in [-0.39, 0.29) is 17.9 Å². The minimum Gasteiger partial charge on any atom is -0.403 e. The molecule has 1 heterocycles. The number of benzene rings is 1. The number of nitrogens with zero attached hydrogens (tertiary/aromatic N) is 1. The summed E-state index contributed by atoms with van der Waals surface area (Å²) < 4.78 is 41.9. The minimum atomic E-state index is -0.928. The number of aromatic nitrogens is 1. The Balaban J connectivity index is 1.87. The largest absolute Gasteiger partial charge is 0.403 e. The molecule has 2 aromatic rings. The third-order valence-corrected chi connectivity index (χ3v) is 4.23. The second-order valence-electron chi connectivity index (χ2n) is 6.94. The first-order valence-corrected chi connectivity index (χ1v) is 10.0. The zero-order valence-electron chi connectivity index (χ0n) is 17.6. The van der Waals surface area contributed by atoms with Gasteiger partial charge in [0.1, 0.15) is 17.7 Å². The molecule has 1 aromatic heterocycles. The number of nitrogens with one attached hydrogen (secondary N) is 2. The monoisotopic (exact) mass is 439 g/mol. The van der Waals surface area contributed by atoms with Crippen LogP contribution in [0.5, 0.6) is 5.88 Å². The van der Waals surface area contributed by atoms with Gasteiger partial charge in [-0.05, 0) is 42.2 Å². The predicted octanol–water partition coefficient (Wildman–Crippen LogP) is 2.51. The van der Waals surface area contributed by atoms with Crippen LogP contribution in [0.15, 0.2) is 28.8 Å². The van der Waals surface area contributed by atoms with E-state index in [1.807, 2.05) is 6.92 Å². The number of methoxy groups -OCH3 is 1. The number of amides is 1. The van der Waals surface area contributed by atoms with Gasteiger partial charge in [0.05, 0.1) is 13.0 Å². The Morgan fingerprint density at radius 1 is 1.19 bits per heavy atom. The molecule has 1 atom stereocenters. The maximum Gasteiger partial charge on any atom is 0.335 e. The molecule has 0 fully saturated rings. The average molecular weight is 439 g/mol. The highest BCUT2D eigenvalue weighted by Crippen LogP contribution is 2.13. The Hall–Kier alpha value is -2.85. The van der Waals surface area contributed by atoms with Crippen LogP contribution < -0.4 is 15.4 Å². The van der Waals surface area contributed by atoms with E-state index >= 15 is 0 Å². The van der Waals surface area contributed by atoms with Gasteiger partial charge in [0, 0.05) is 25.8 Å². The lowest BCUT2D eigenvalue weighted by Gasteiger charge is -2.16. The molecule has 170 valence electrons. The summed E-state index contributed by atoms with van der Waals surface area (Å²) >= 11 is 0. The number of rotatable bonds is 13. The summed E-state index contributed by atoms with van der Waals surface area (Å²) in [7, 11) is 1.63. The van der Waals surface area contributed by atoms with Crippen molar-refractivity contribution in [3.8, 4) is 5.88 Å². The molecule has 0 aliphatic carbocycles. The van der Waals surface area contributed by atoms with Crippen LogP contribution in [0.2, 0.25) is 0 Å². The summed E-state index contributed by atoms with van der Waals surface area (Å²) in [6.07, 6.45) is 1.50. The molecule has 8 nitrogen and oxygen atoms in total. The van der Waals surface area contributed by atoms with Crippen molar-refractivity contribution < 1.29 is 32.4 Å². The van der Waals surface area contributed by atoms with Gasteiger partial charge in [-0.3, -0.25) is 4.79 Å². The van der Waals surface area contributed by atoms with Crippen LogP contribution in [0.3, 0.4) is 0 Å². The van der Waals surface area contributed by atoms with Crippen molar-refractivity contribution in [1.82, 2.24) is 15.8 Å². The van der Waals surface area contributed by atoms with Gasteiger partial charge in [-0.1, -0.05) is 13.3 Å². The van der Waals surface area contributed by atoms with Gasteiger partial charge in [-0.15, -0.1) is 0 Å². The first-order valence-electron chi connectivity index (χ1n) is 10.0. The Morgan fingerprint density at radius 3 is 2.61 bits per heavy atom. The normalized spacial score (nSPS) is 11.9. The summed E-state index contributed by atoms with van der Waals surface area (Å²) in [5.74, 6) is -2.33. The summed E-state index contributed by atoms with van der Waals surface area (Å²) in [5.41, 5.74) is 0.165. The van der Waals surface area contributed by atoms with Crippen molar-refractivity contribution in [2.45, 2.75) is 45.2 Å². The standard InChI is InChI=1S/C21H27F2N3O5/c1-3-5-18(25-19(27)10-14-8-15(22)11-16(23)9-14)21(28)30-20-12-17(31-26-20)13-24-6-4-7-29-2/h8-9,11-12,18,24H,3-7,10,13H2,1-2H3,(H,25,27). The van der Waals surface area contributed by atoms with Gasteiger partial charge in [0.15, 0.2) is 5.76 Å². The molecule has 2 rings (SSSR count). The molecule has 1 amide bonds. The third-order valence-electron chi connectivity index (χ3n) is 4.23. The number of hydrogen-bond acceptors (Lipinski definition) is 7. The smallest absolute Gasteiger partial charge is 0.335 e. The number of hydrogen-bond donors (Lipinski definition) is 2. The molecule has 1 unspecified atom stereocenters. The molecule has 0 spiro atoms. The lowest BCUT2D eigenvalue weighted by atomic mass is 10.1. The molecule has 10 heteroatoms. The second kappa shape index (κ2) is 12.8. The average Bonchev–Trinajstić information content (AvgIpc) is 3.13. The summed E-state index contributed by atoms with van der Waals surface area (Å²) in [6.45, 7) is 3.62. The molecular formula is C21H27F2N3O5. The Labute approximate surface area is 179 Å². The molecule has 0 saturated heterocycles. The lowest BCUT2D eigenvalue weighted by molar-refractivity contribution is -0.139. The number of esters is 1. The Bertz CT molecular complexity index is 839. The van der Waals surface area contributed by atoms with E-state index in [1.54, 1.807) is 7.11 Å². The molecule has 2 N–H and O–H groups in total. The summed E-state index contributed by atoms with van der Waals surface area (Å²) in [5, 5.41) is 9.39. The molecule has 1 aromatic carbocycles. The quantitative estimate of drug-likeness (QED) is 0.365. The van der Waals surface area contributed by atoms with Crippen molar-refractivity contribution in [2.75, 3.05) is 20.3 Å². The number of ether oxygens (including phenoxy) is 2. The zero-order chi connectivity index (χ0) is 22.6. The van der Waals surface area contributed by atoms with E-state index in [0.717, 1.165) is 31.2 Å². The topological polar surface area (TPSA) is 103 Å². The second-order valence-corrected chi connectivity index (χ2v) is 6.94. The molecule has 31 heavy (non-hydrogen) atoms. The highest BCUT2D eigenvalue weighted by molar-refractivity contribution is 5.86. The minimum absolute atomic E-state index is 0.0127. The molecule has 0 saturated carbocycles. The van der Waals surface area contributed by atoms with Crippen molar-refractivity contribution in [3.63, 3.8) is 0 Å². The van der Waals surface area contributed by atoms with Gasteiger partial charge >= 0.3 is 5.97 Å². The van der Waals surface area contributed by atoms with Gasteiger partial charge in [-0.2, -0.15) is 0 Å². The van der Waals surface area contributed by atoms with E-state index in [4.69, 9.17) is 14.0 Å². The summed E-state index contributed by atoms with van der Waals surface area (Å²) in [6, 6.07) is 3.41. The van der Waals surface area contributed by atoms with Crippen LogP contribution in [-0.2, 0) is 27.3 Å². The van der Waals surface area contributed by atoms with Crippen LogP contribution in [0.4, 0.5) is 8.78 Å². The fourth-order valence-electron chi connectivity index (χ4n) is 2.83. The maximum atomic E-state index is 13.3. The van der Waals surface area contributed by atoms with Crippen molar-refractivity contribution in [2.24, 2.45) is 0 Å². The van der Waals surface area contributed by atoms with Crippen LogP contribution in [0, 0.1) is 11.6 Å². The van der Waals surface area contributed by atoms with E-state index in [0.29, 0.717) is 31.8 Å². The molecular weight excluding hydrogens is 412 g/mol. The van der Waals surface area contributed by atoms with Crippen molar-refractivity contribution >= 4 is 11.9 Å². The highest BCUT2D eigenvalue weighted by Gasteiger charge is 2.23. The van der Waals surface area contributed by atoms with Gasteiger partial charge in [-0.25, -0.2) is 13.6 Å². The Kier molecular flexibility index (Phi) is 10.0. The van der Waals surface area contributed by atoms with E-state index in [9.17, 15) is 18.4 Å². The first-order chi connectivity index (χ1) is 14.9.